The summed E-state index contributed by atoms with van der Waals surface area (Å²) in [6, 6.07) is 1.74. The number of nitrogens with zero attached hydrogens (tertiary/aromatic N) is 3. The molecule has 0 aliphatic heterocycles. The average Bonchev–Trinajstić information content (AvgIpc) is 2.78. The van der Waals surface area contributed by atoms with Crippen LogP contribution in [0, 0.1) is 6.92 Å². The smallest absolute Gasteiger partial charge is 0.228 e. The van der Waals surface area contributed by atoms with E-state index in [9.17, 15) is 4.79 Å². The van der Waals surface area contributed by atoms with Gasteiger partial charge in [0.2, 0.25) is 5.78 Å². The zero-order valence-corrected chi connectivity index (χ0v) is 10.1. The molecule has 2 aromatic heterocycles. The summed E-state index contributed by atoms with van der Waals surface area (Å²) >= 11 is 0. The highest BCUT2D eigenvalue weighted by Crippen LogP contribution is 2.12. The fourth-order valence-corrected chi connectivity index (χ4v) is 1.79. The number of imidazole rings is 1. The first-order chi connectivity index (χ1) is 8.24. The number of hydrogen-bond donors (Lipinski definition) is 0. The van der Waals surface area contributed by atoms with Gasteiger partial charge in [0.05, 0.1) is 0 Å². The minimum absolute atomic E-state index is 0.0386. The van der Waals surface area contributed by atoms with Crippen LogP contribution in [-0.2, 0) is 6.54 Å². The molecule has 0 amide bonds. The van der Waals surface area contributed by atoms with Crippen LogP contribution in [0.15, 0.2) is 30.9 Å². The predicted octanol–water partition coefficient (Wildman–Crippen LogP) is 2.23. The molecule has 0 radical (unpaired) electrons. The first-order valence-corrected chi connectivity index (χ1v) is 5.70. The molecule has 0 saturated carbocycles. The van der Waals surface area contributed by atoms with E-state index in [4.69, 9.17) is 0 Å². The van der Waals surface area contributed by atoms with Crippen molar-refractivity contribution in [3.63, 3.8) is 0 Å². The van der Waals surface area contributed by atoms with Gasteiger partial charge in [-0.2, -0.15) is 0 Å². The fourth-order valence-electron chi connectivity index (χ4n) is 1.79. The molecule has 4 nitrogen and oxygen atoms in total. The molecule has 2 rings (SSSR count). The first-order valence-electron chi connectivity index (χ1n) is 5.70. The van der Waals surface area contributed by atoms with E-state index in [-0.39, 0.29) is 5.78 Å². The molecular formula is C13H15N3O. The summed E-state index contributed by atoms with van der Waals surface area (Å²) in [7, 11) is 0. The predicted molar refractivity (Wildman–Crippen MR) is 64.9 cm³/mol. The minimum atomic E-state index is -0.0386. The van der Waals surface area contributed by atoms with Crippen molar-refractivity contribution in [3.05, 3.63) is 47.8 Å². The van der Waals surface area contributed by atoms with Gasteiger partial charge in [0.15, 0.2) is 5.82 Å². The Morgan fingerprint density at radius 3 is 2.94 bits per heavy atom. The van der Waals surface area contributed by atoms with Gasteiger partial charge < -0.3 is 4.57 Å². The summed E-state index contributed by atoms with van der Waals surface area (Å²) in [5, 5.41) is 0. The van der Waals surface area contributed by atoms with Crippen LogP contribution in [0.25, 0.3) is 0 Å². The Kier molecular flexibility index (Phi) is 3.32. The van der Waals surface area contributed by atoms with Gasteiger partial charge in [-0.05, 0) is 25.0 Å². The van der Waals surface area contributed by atoms with Crippen molar-refractivity contribution in [1.29, 1.82) is 0 Å². The SMILES string of the molecule is CCCn1ccnc1C(=O)c1ccncc1C. The Hall–Kier alpha value is -1.97. The summed E-state index contributed by atoms with van der Waals surface area (Å²) in [5.41, 5.74) is 1.55. The lowest BCUT2D eigenvalue weighted by Crippen LogP contribution is -2.12. The molecule has 0 bridgehead atoms. The van der Waals surface area contributed by atoms with Crippen LogP contribution in [0.3, 0.4) is 0 Å². The van der Waals surface area contributed by atoms with Crippen LogP contribution >= 0.6 is 0 Å². The van der Waals surface area contributed by atoms with Crippen molar-refractivity contribution in [2.45, 2.75) is 26.8 Å². The Labute approximate surface area is 100 Å². The van der Waals surface area contributed by atoms with Gasteiger partial charge in [-0.25, -0.2) is 4.98 Å². The maximum Gasteiger partial charge on any atom is 0.228 e. The number of ketones is 1. The number of hydrogen-bond acceptors (Lipinski definition) is 3. The van der Waals surface area contributed by atoms with Gasteiger partial charge in [0.1, 0.15) is 0 Å². The monoisotopic (exact) mass is 229 g/mol. The van der Waals surface area contributed by atoms with Crippen LogP contribution in [0.4, 0.5) is 0 Å². The molecular weight excluding hydrogens is 214 g/mol. The second kappa shape index (κ2) is 4.91. The fraction of sp³-hybridized carbons (Fsp3) is 0.308. The van der Waals surface area contributed by atoms with Crippen molar-refractivity contribution < 1.29 is 4.79 Å². The van der Waals surface area contributed by atoms with Crippen LogP contribution < -0.4 is 0 Å². The van der Waals surface area contributed by atoms with Gasteiger partial charge in [0, 0.05) is 36.9 Å². The molecule has 2 heterocycles. The molecule has 4 heteroatoms. The number of carbonyl (C=O) groups is 1. The van der Waals surface area contributed by atoms with E-state index in [0.717, 1.165) is 18.5 Å². The first kappa shape index (κ1) is 11.5. The van der Waals surface area contributed by atoms with Crippen LogP contribution in [-0.4, -0.2) is 20.3 Å². The van der Waals surface area contributed by atoms with Gasteiger partial charge >= 0.3 is 0 Å². The molecule has 0 N–H and O–H groups in total. The molecule has 0 aliphatic carbocycles. The van der Waals surface area contributed by atoms with E-state index in [1.54, 1.807) is 24.7 Å². The quantitative estimate of drug-likeness (QED) is 0.755. The number of aryl methyl sites for hydroxylation is 2. The number of aromatic nitrogens is 3. The summed E-state index contributed by atoms with van der Waals surface area (Å²) < 4.78 is 1.89. The second-order valence-electron chi connectivity index (χ2n) is 3.96. The third-order valence-electron chi connectivity index (χ3n) is 2.65. The molecule has 0 aliphatic rings. The number of rotatable bonds is 4. The van der Waals surface area contributed by atoms with Crippen LogP contribution in [0.1, 0.15) is 35.1 Å². The molecule has 0 spiro atoms. The van der Waals surface area contributed by atoms with Gasteiger partial charge in [-0.3, -0.25) is 9.78 Å². The van der Waals surface area contributed by atoms with E-state index in [1.807, 2.05) is 17.7 Å². The third kappa shape index (κ3) is 2.25. The summed E-state index contributed by atoms with van der Waals surface area (Å²) in [5.74, 6) is 0.463. The van der Waals surface area contributed by atoms with Gasteiger partial charge in [0.25, 0.3) is 0 Å². The molecule has 0 aromatic carbocycles. The van der Waals surface area contributed by atoms with Crippen molar-refractivity contribution in [1.82, 2.24) is 14.5 Å². The molecule has 0 unspecified atom stereocenters. The summed E-state index contributed by atoms with van der Waals surface area (Å²) in [6.45, 7) is 4.77. The molecule has 88 valence electrons. The average molecular weight is 229 g/mol. The van der Waals surface area contributed by atoms with E-state index in [0.29, 0.717) is 11.4 Å². The Balaban J connectivity index is 2.37. The molecule has 0 atom stereocenters. The second-order valence-corrected chi connectivity index (χ2v) is 3.96. The Morgan fingerprint density at radius 2 is 2.24 bits per heavy atom. The lowest BCUT2D eigenvalue weighted by atomic mass is 10.1. The highest BCUT2D eigenvalue weighted by Gasteiger charge is 2.16. The van der Waals surface area contributed by atoms with E-state index >= 15 is 0 Å². The Morgan fingerprint density at radius 1 is 1.41 bits per heavy atom. The molecule has 17 heavy (non-hydrogen) atoms. The van der Waals surface area contributed by atoms with Crippen molar-refractivity contribution in [3.8, 4) is 0 Å². The van der Waals surface area contributed by atoms with Crippen molar-refractivity contribution >= 4 is 5.78 Å². The maximum absolute atomic E-state index is 12.3. The standard InChI is InChI=1S/C13H15N3O/c1-3-7-16-8-6-15-13(16)12(17)11-4-5-14-9-10(11)2/h4-6,8-9H,3,7H2,1-2H3. The van der Waals surface area contributed by atoms with E-state index in [2.05, 4.69) is 16.9 Å². The van der Waals surface area contributed by atoms with Crippen molar-refractivity contribution in [2.24, 2.45) is 0 Å². The maximum atomic E-state index is 12.3. The largest absolute Gasteiger partial charge is 0.328 e. The summed E-state index contributed by atoms with van der Waals surface area (Å²) in [6.07, 6.45) is 7.81. The lowest BCUT2D eigenvalue weighted by molar-refractivity contribution is 0.102. The van der Waals surface area contributed by atoms with Crippen LogP contribution in [0.2, 0.25) is 0 Å². The van der Waals surface area contributed by atoms with E-state index < -0.39 is 0 Å². The normalized spacial score (nSPS) is 10.5. The molecule has 0 fully saturated rings. The topological polar surface area (TPSA) is 47.8 Å². The Bertz CT molecular complexity index is 531. The van der Waals surface area contributed by atoms with Crippen molar-refractivity contribution in [2.75, 3.05) is 0 Å². The number of carbonyl (C=O) groups excluding carboxylic acids is 1. The zero-order chi connectivity index (χ0) is 12.3. The lowest BCUT2D eigenvalue weighted by Gasteiger charge is -2.06. The minimum Gasteiger partial charge on any atom is -0.328 e. The molecule has 0 saturated heterocycles. The summed E-state index contributed by atoms with van der Waals surface area (Å²) in [4.78, 5) is 20.4. The van der Waals surface area contributed by atoms with Gasteiger partial charge in [-0.15, -0.1) is 0 Å². The van der Waals surface area contributed by atoms with E-state index in [1.165, 1.54) is 0 Å². The zero-order valence-electron chi connectivity index (χ0n) is 10.1. The highest BCUT2D eigenvalue weighted by molar-refractivity contribution is 6.07. The highest BCUT2D eigenvalue weighted by atomic mass is 16.1. The molecule has 2 aromatic rings. The number of pyridine rings is 1. The van der Waals surface area contributed by atoms with Gasteiger partial charge in [-0.1, -0.05) is 6.92 Å². The third-order valence-corrected chi connectivity index (χ3v) is 2.65. The van der Waals surface area contributed by atoms with Crippen LogP contribution in [0.5, 0.6) is 0 Å².